The Morgan fingerprint density at radius 2 is 1.92 bits per heavy atom. The average molecular weight is 343 g/mol. The minimum Gasteiger partial charge on any atom is -0.389 e. The molecule has 0 saturated carbocycles. The molecule has 1 aliphatic heterocycles. The zero-order valence-electron chi connectivity index (χ0n) is 15.0. The van der Waals surface area contributed by atoms with Gasteiger partial charge in [-0.25, -0.2) is 4.98 Å². The Labute approximate surface area is 147 Å². The highest BCUT2D eigenvalue weighted by molar-refractivity contribution is 5.92. The number of rotatable bonds is 4. The lowest BCUT2D eigenvalue weighted by Crippen LogP contribution is -2.52. The molecule has 3 heterocycles. The third kappa shape index (κ3) is 4.24. The third-order valence-corrected chi connectivity index (χ3v) is 4.34. The lowest BCUT2D eigenvalue weighted by atomic mass is 10.1. The zero-order valence-corrected chi connectivity index (χ0v) is 15.0. The van der Waals surface area contributed by atoms with Gasteiger partial charge in [0.2, 0.25) is 0 Å². The fraction of sp³-hybridized carbons (Fsp3) is 0.500. The molecule has 0 radical (unpaired) electrons. The maximum Gasteiger partial charge on any atom is 0.272 e. The summed E-state index contributed by atoms with van der Waals surface area (Å²) in [6.07, 6.45) is 5.26. The van der Waals surface area contributed by atoms with E-state index in [1.807, 2.05) is 28.7 Å². The molecule has 1 aliphatic rings. The number of aryl methyl sites for hydroxylation is 1. The van der Waals surface area contributed by atoms with Gasteiger partial charge in [-0.3, -0.25) is 14.7 Å². The molecule has 0 spiro atoms. The molecule has 134 valence electrons. The van der Waals surface area contributed by atoms with Crippen LogP contribution in [0.5, 0.6) is 0 Å². The van der Waals surface area contributed by atoms with Crippen LogP contribution in [0.25, 0.3) is 5.69 Å². The average Bonchev–Trinajstić information content (AvgIpc) is 3.00. The van der Waals surface area contributed by atoms with Crippen molar-refractivity contribution in [3.8, 4) is 5.69 Å². The van der Waals surface area contributed by atoms with Crippen molar-refractivity contribution in [1.82, 2.24) is 24.3 Å². The summed E-state index contributed by atoms with van der Waals surface area (Å²) in [5.41, 5.74) is 0.612. The third-order valence-electron chi connectivity index (χ3n) is 4.34. The number of aliphatic hydroxyl groups is 1. The predicted molar refractivity (Wildman–Crippen MR) is 94.7 cm³/mol. The second kappa shape index (κ2) is 6.93. The molecule has 7 heteroatoms. The fourth-order valence-electron chi connectivity index (χ4n) is 3.16. The number of nitrogens with zero attached hydrogens (tertiary/aromatic N) is 5. The Morgan fingerprint density at radius 1 is 1.20 bits per heavy atom. The maximum absolute atomic E-state index is 12.8. The van der Waals surface area contributed by atoms with Crippen molar-refractivity contribution in [2.45, 2.75) is 26.4 Å². The van der Waals surface area contributed by atoms with E-state index < -0.39 is 5.60 Å². The van der Waals surface area contributed by atoms with Crippen molar-refractivity contribution >= 4 is 5.91 Å². The normalized spacial score (nSPS) is 16.2. The number of aromatic nitrogens is 3. The van der Waals surface area contributed by atoms with Crippen molar-refractivity contribution in [3.63, 3.8) is 0 Å². The summed E-state index contributed by atoms with van der Waals surface area (Å²) in [7, 11) is 0. The predicted octanol–water partition coefficient (Wildman–Crippen LogP) is 1.10. The molecule has 0 aromatic carbocycles. The van der Waals surface area contributed by atoms with Crippen LogP contribution in [-0.2, 0) is 0 Å². The van der Waals surface area contributed by atoms with Crippen LogP contribution in [0.1, 0.15) is 30.2 Å². The minimum atomic E-state index is -0.718. The fourth-order valence-corrected chi connectivity index (χ4v) is 3.16. The van der Waals surface area contributed by atoms with E-state index >= 15 is 0 Å². The monoisotopic (exact) mass is 343 g/mol. The standard InChI is InChI=1S/C18H25N5O2/c1-14-19-6-7-23(14)15-4-5-20-16(12-15)17(24)22-10-8-21(9-11-22)13-18(2,3)25/h4-7,12,25H,8-11,13H2,1-3H3. The number of amides is 1. The van der Waals surface area contributed by atoms with Crippen LogP contribution in [0.2, 0.25) is 0 Å². The van der Waals surface area contributed by atoms with Gasteiger partial charge >= 0.3 is 0 Å². The van der Waals surface area contributed by atoms with E-state index in [1.165, 1.54) is 0 Å². The molecule has 3 rings (SSSR count). The SMILES string of the molecule is Cc1nccn1-c1ccnc(C(=O)N2CCN(CC(C)(C)O)CC2)c1. The Kier molecular flexibility index (Phi) is 4.87. The highest BCUT2D eigenvalue weighted by Gasteiger charge is 2.26. The molecule has 1 saturated heterocycles. The van der Waals surface area contributed by atoms with Crippen LogP contribution in [0.4, 0.5) is 0 Å². The molecule has 1 fully saturated rings. The Balaban J connectivity index is 1.67. The molecule has 1 amide bonds. The van der Waals surface area contributed by atoms with Crippen molar-refractivity contribution in [2.24, 2.45) is 0 Å². The first-order valence-corrected chi connectivity index (χ1v) is 8.54. The lowest BCUT2D eigenvalue weighted by molar-refractivity contribution is 0.0177. The summed E-state index contributed by atoms with van der Waals surface area (Å²) in [5, 5.41) is 9.93. The summed E-state index contributed by atoms with van der Waals surface area (Å²) in [5.74, 6) is 0.812. The van der Waals surface area contributed by atoms with Gasteiger partial charge in [-0.05, 0) is 32.9 Å². The van der Waals surface area contributed by atoms with E-state index in [4.69, 9.17) is 0 Å². The summed E-state index contributed by atoms with van der Waals surface area (Å²) >= 11 is 0. The molecule has 25 heavy (non-hydrogen) atoms. The van der Waals surface area contributed by atoms with E-state index in [2.05, 4.69) is 14.9 Å². The Morgan fingerprint density at radius 3 is 2.52 bits per heavy atom. The number of β-amino-alcohol motifs (C(OH)–C–C–N with tert-alkyl or cyclic N) is 1. The zero-order chi connectivity index (χ0) is 18.0. The highest BCUT2D eigenvalue weighted by atomic mass is 16.3. The number of imidazole rings is 1. The Hall–Kier alpha value is -2.25. The summed E-state index contributed by atoms with van der Waals surface area (Å²) < 4.78 is 1.93. The molecule has 0 unspecified atom stereocenters. The molecular formula is C18H25N5O2. The summed E-state index contributed by atoms with van der Waals surface area (Å²) in [4.78, 5) is 25.2. The van der Waals surface area contributed by atoms with Gasteiger partial charge in [0, 0.05) is 51.3 Å². The number of hydrogen-bond acceptors (Lipinski definition) is 5. The lowest BCUT2D eigenvalue weighted by Gasteiger charge is -2.37. The second-order valence-electron chi connectivity index (χ2n) is 7.12. The smallest absolute Gasteiger partial charge is 0.272 e. The highest BCUT2D eigenvalue weighted by Crippen LogP contribution is 2.14. The Bertz CT molecular complexity index is 742. The van der Waals surface area contributed by atoms with Crippen LogP contribution in [0, 0.1) is 6.92 Å². The van der Waals surface area contributed by atoms with Crippen molar-refractivity contribution < 1.29 is 9.90 Å². The summed E-state index contributed by atoms with van der Waals surface area (Å²) in [6.45, 7) is 8.95. The number of carbonyl (C=O) groups is 1. The van der Waals surface area contributed by atoms with E-state index in [0.29, 0.717) is 25.3 Å². The van der Waals surface area contributed by atoms with Crippen molar-refractivity contribution in [1.29, 1.82) is 0 Å². The van der Waals surface area contributed by atoms with Gasteiger partial charge in [-0.2, -0.15) is 0 Å². The van der Waals surface area contributed by atoms with E-state index in [9.17, 15) is 9.90 Å². The maximum atomic E-state index is 12.8. The van der Waals surface area contributed by atoms with E-state index in [-0.39, 0.29) is 5.91 Å². The molecular weight excluding hydrogens is 318 g/mol. The van der Waals surface area contributed by atoms with E-state index in [0.717, 1.165) is 24.6 Å². The van der Waals surface area contributed by atoms with Gasteiger partial charge in [0.05, 0.1) is 11.3 Å². The quantitative estimate of drug-likeness (QED) is 0.900. The van der Waals surface area contributed by atoms with Crippen LogP contribution in [-0.4, -0.2) is 73.7 Å². The van der Waals surface area contributed by atoms with Crippen molar-refractivity contribution in [3.05, 3.63) is 42.2 Å². The first-order valence-electron chi connectivity index (χ1n) is 8.54. The molecule has 0 bridgehead atoms. The molecule has 7 nitrogen and oxygen atoms in total. The second-order valence-corrected chi connectivity index (χ2v) is 7.12. The van der Waals surface area contributed by atoms with Gasteiger partial charge < -0.3 is 14.6 Å². The van der Waals surface area contributed by atoms with Crippen LogP contribution >= 0.6 is 0 Å². The minimum absolute atomic E-state index is 0.0532. The van der Waals surface area contributed by atoms with Gasteiger partial charge in [-0.15, -0.1) is 0 Å². The van der Waals surface area contributed by atoms with Crippen LogP contribution in [0.3, 0.4) is 0 Å². The van der Waals surface area contributed by atoms with Crippen molar-refractivity contribution in [2.75, 3.05) is 32.7 Å². The molecule has 2 aromatic heterocycles. The number of pyridine rings is 1. The molecule has 2 aromatic rings. The number of piperazine rings is 1. The first-order chi connectivity index (χ1) is 11.8. The van der Waals surface area contributed by atoms with Crippen LogP contribution in [0.15, 0.2) is 30.7 Å². The molecule has 0 atom stereocenters. The topological polar surface area (TPSA) is 74.5 Å². The van der Waals surface area contributed by atoms with Gasteiger partial charge in [0.15, 0.2) is 0 Å². The van der Waals surface area contributed by atoms with Gasteiger partial charge in [0.25, 0.3) is 5.91 Å². The summed E-state index contributed by atoms with van der Waals surface area (Å²) in [6, 6.07) is 3.67. The number of carbonyl (C=O) groups excluding carboxylic acids is 1. The number of hydrogen-bond donors (Lipinski definition) is 1. The van der Waals surface area contributed by atoms with Crippen LogP contribution < -0.4 is 0 Å². The first kappa shape index (κ1) is 17.6. The molecule has 1 N–H and O–H groups in total. The largest absolute Gasteiger partial charge is 0.389 e. The molecule has 0 aliphatic carbocycles. The van der Waals surface area contributed by atoms with Gasteiger partial charge in [0.1, 0.15) is 11.5 Å². The van der Waals surface area contributed by atoms with Gasteiger partial charge in [-0.1, -0.05) is 0 Å². The van der Waals surface area contributed by atoms with E-state index in [1.54, 1.807) is 32.3 Å².